The minimum Gasteiger partial charge on any atom is -0.295 e. The summed E-state index contributed by atoms with van der Waals surface area (Å²) in [5.74, 6) is -0.186. The molecular formula is C9H10F2N2O. The molecule has 1 rings (SSSR count). The fourth-order valence-electron chi connectivity index (χ4n) is 1.03. The topological polar surface area (TPSA) is 34.9 Å². The standard InChI is InChI=1S/C9H10F2N2O/c1-6(14)3-4-7-5-13(2)12-8(7)9(10)11/h3-5,9H,1-2H3/b4-3+. The molecule has 0 atom stereocenters. The van der Waals surface area contributed by atoms with Crippen LogP contribution in [0, 0.1) is 0 Å². The number of aromatic nitrogens is 2. The number of carbonyl (C=O) groups is 1. The molecule has 0 aliphatic carbocycles. The van der Waals surface area contributed by atoms with Gasteiger partial charge in [-0.1, -0.05) is 0 Å². The average Bonchev–Trinajstić information content (AvgIpc) is 2.43. The Morgan fingerprint density at radius 2 is 2.29 bits per heavy atom. The largest absolute Gasteiger partial charge is 0.295 e. The minimum absolute atomic E-state index is 0.186. The number of hydrogen-bond acceptors (Lipinski definition) is 2. The molecule has 0 aliphatic rings. The SMILES string of the molecule is CC(=O)/C=C/c1cn(C)nc1C(F)F. The van der Waals surface area contributed by atoms with E-state index in [4.69, 9.17) is 0 Å². The maximum Gasteiger partial charge on any atom is 0.282 e. The van der Waals surface area contributed by atoms with Crippen LogP contribution in [0.4, 0.5) is 8.78 Å². The minimum atomic E-state index is -2.62. The third-order valence-corrected chi connectivity index (χ3v) is 1.59. The predicted molar refractivity (Wildman–Crippen MR) is 47.9 cm³/mol. The fourth-order valence-corrected chi connectivity index (χ4v) is 1.03. The van der Waals surface area contributed by atoms with Crippen molar-refractivity contribution in [2.75, 3.05) is 0 Å². The first-order chi connectivity index (χ1) is 6.50. The van der Waals surface area contributed by atoms with E-state index in [1.165, 1.54) is 30.0 Å². The summed E-state index contributed by atoms with van der Waals surface area (Å²) in [6.07, 6.45) is 1.41. The van der Waals surface area contributed by atoms with Crippen LogP contribution in [0.5, 0.6) is 0 Å². The lowest BCUT2D eigenvalue weighted by molar-refractivity contribution is -0.112. The Balaban J connectivity index is 3.01. The van der Waals surface area contributed by atoms with Crippen LogP contribution in [-0.4, -0.2) is 15.6 Å². The highest BCUT2D eigenvalue weighted by Gasteiger charge is 2.15. The normalized spacial score (nSPS) is 11.5. The fraction of sp³-hybridized carbons (Fsp3) is 0.333. The van der Waals surface area contributed by atoms with Gasteiger partial charge < -0.3 is 0 Å². The van der Waals surface area contributed by atoms with Gasteiger partial charge in [0.05, 0.1) is 0 Å². The van der Waals surface area contributed by atoms with E-state index >= 15 is 0 Å². The van der Waals surface area contributed by atoms with Gasteiger partial charge in [-0.25, -0.2) is 8.78 Å². The molecule has 0 bridgehead atoms. The quantitative estimate of drug-likeness (QED) is 0.699. The smallest absolute Gasteiger partial charge is 0.282 e. The molecule has 0 radical (unpaired) electrons. The number of hydrogen-bond donors (Lipinski definition) is 0. The van der Waals surface area contributed by atoms with E-state index in [0.717, 1.165) is 0 Å². The molecule has 1 aromatic heterocycles. The van der Waals surface area contributed by atoms with Crippen LogP contribution in [-0.2, 0) is 11.8 Å². The van der Waals surface area contributed by atoms with Gasteiger partial charge in [-0.2, -0.15) is 5.10 Å². The third kappa shape index (κ3) is 2.48. The monoisotopic (exact) mass is 200 g/mol. The lowest BCUT2D eigenvalue weighted by Crippen LogP contribution is -1.91. The van der Waals surface area contributed by atoms with Crippen molar-refractivity contribution >= 4 is 11.9 Å². The number of carbonyl (C=O) groups excluding carboxylic acids is 1. The molecular weight excluding hydrogens is 190 g/mol. The van der Waals surface area contributed by atoms with Crippen LogP contribution in [0.25, 0.3) is 6.08 Å². The highest BCUT2D eigenvalue weighted by atomic mass is 19.3. The molecule has 0 N–H and O–H groups in total. The number of nitrogens with zero attached hydrogens (tertiary/aromatic N) is 2. The van der Waals surface area contributed by atoms with Crippen molar-refractivity contribution in [3.8, 4) is 0 Å². The number of rotatable bonds is 3. The number of allylic oxidation sites excluding steroid dienone is 1. The van der Waals surface area contributed by atoms with Gasteiger partial charge in [0.1, 0.15) is 5.69 Å². The van der Waals surface area contributed by atoms with E-state index in [2.05, 4.69) is 5.10 Å². The summed E-state index contributed by atoms with van der Waals surface area (Å²) in [5.41, 5.74) is -0.0253. The Labute approximate surface area is 80.0 Å². The van der Waals surface area contributed by atoms with Crippen molar-refractivity contribution in [1.29, 1.82) is 0 Å². The third-order valence-electron chi connectivity index (χ3n) is 1.59. The zero-order valence-corrected chi connectivity index (χ0v) is 7.87. The van der Waals surface area contributed by atoms with E-state index in [1.807, 2.05) is 0 Å². The second-order valence-electron chi connectivity index (χ2n) is 2.89. The van der Waals surface area contributed by atoms with Crippen molar-refractivity contribution < 1.29 is 13.6 Å². The summed E-state index contributed by atoms with van der Waals surface area (Å²) in [4.78, 5) is 10.6. The van der Waals surface area contributed by atoms with Crippen molar-refractivity contribution in [3.05, 3.63) is 23.5 Å². The summed E-state index contributed by atoms with van der Waals surface area (Å²) in [5, 5.41) is 3.59. The van der Waals surface area contributed by atoms with Gasteiger partial charge in [0, 0.05) is 18.8 Å². The number of ketones is 1. The van der Waals surface area contributed by atoms with Crippen LogP contribution in [0.3, 0.4) is 0 Å². The van der Waals surface area contributed by atoms with Gasteiger partial charge in [-0.3, -0.25) is 9.48 Å². The lowest BCUT2D eigenvalue weighted by atomic mass is 10.2. The maximum atomic E-state index is 12.4. The van der Waals surface area contributed by atoms with Crippen LogP contribution in [0.1, 0.15) is 24.6 Å². The van der Waals surface area contributed by atoms with Crippen molar-refractivity contribution in [1.82, 2.24) is 9.78 Å². The second-order valence-corrected chi connectivity index (χ2v) is 2.89. The van der Waals surface area contributed by atoms with Gasteiger partial charge in [0.15, 0.2) is 5.78 Å². The first-order valence-electron chi connectivity index (χ1n) is 4.01. The lowest BCUT2D eigenvalue weighted by Gasteiger charge is -1.93. The second kappa shape index (κ2) is 4.13. The molecule has 0 saturated carbocycles. The Kier molecular flexibility index (Phi) is 3.11. The summed E-state index contributed by atoms with van der Waals surface area (Å²) in [7, 11) is 1.55. The Bertz CT molecular complexity index is 369. The molecule has 1 heterocycles. The maximum absolute atomic E-state index is 12.4. The van der Waals surface area contributed by atoms with Gasteiger partial charge in [0.2, 0.25) is 0 Å². The van der Waals surface area contributed by atoms with Crippen LogP contribution >= 0.6 is 0 Å². The highest BCUT2D eigenvalue weighted by molar-refractivity contribution is 5.91. The summed E-state index contributed by atoms with van der Waals surface area (Å²) < 4.78 is 26.0. The van der Waals surface area contributed by atoms with Gasteiger partial charge in [0.25, 0.3) is 6.43 Å². The molecule has 76 valence electrons. The molecule has 0 saturated heterocycles. The van der Waals surface area contributed by atoms with Crippen molar-refractivity contribution in [2.24, 2.45) is 7.05 Å². The molecule has 0 fully saturated rings. The van der Waals surface area contributed by atoms with Gasteiger partial charge in [-0.05, 0) is 19.1 Å². The number of halogens is 2. The molecule has 0 spiro atoms. The molecule has 0 aliphatic heterocycles. The van der Waals surface area contributed by atoms with Crippen LogP contribution < -0.4 is 0 Å². The van der Waals surface area contributed by atoms with E-state index < -0.39 is 6.43 Å². The molecule has 3 nitrogen and oxygen atoms in total. The zero-order valence-electron chi connectivity index (χ0n) is 7.87. The highest BCUT2D eigenvalue weighted by Crippen LogP contribution is 2.21. The number of alkyl halides is 2. The summed E-state index contributed by atoms with van der Waals surface area (Å²) in [6, 6.07) is 0. The molecule has 5 heteroatoms. The molecule has 0 aromatic carbocycles. The molecule has 0 unspecified atom stereocenters. The first kappa shape index (κ1) is 10.6. The average molecular weight is 200 g/mol. The Morgan fingerprint density at radius 3 is 2.79 bits per heavy atom. The zero-order chi connectivity index (χ0) is 10.7. The van der Waals surface area contributed by atoms with E-state index in [9.17, 15) is 13.6 Å². The van der Waals surface area contributed by atoms with Gasteiger partial charge >= 0.3 is 0 Å². The van der Waals surface area contributed by atoms with E-state index in [0.29, 0.717) is 0 Å². The van der Waals surface area contributed by atoms with Crippen molar-refractivity contribution in [2.45, 2.75) is 13.3 Å². The molecule has 1 aromatic rings. The first-order valence-corrected chi connectivity index (χ1v) is 4.01. The number of aryl methyl sites for hydroxylation is 1. The van der Waals surface area contributed by atoms with Crippen molar-refractivity contribution in [3.63, 3.8) is 0 Å². The van der Waals surface area contributed by atoms with Crippen LogP contribution in [0.15, 0.2) is 12.3 Å². The summed E-state index contributed by atoms with van der Waals surface area (Å²) in [6.45, 7) is 1.36. The molecule has 0 amide bonds. The van der Waals surface area contributed by atoms with E-state index in [-0.39, 0.29) is 17.0 Å². The molecule has 14 heavy (non-hydrogen) atoms. The summed E-state index contributed by atoms with van der Waals surface area (Å²) >= 11 is 0. The van der Waals surface area contributed by atoms with Gasteiger partial charge in [-0.15, -0.1) is 0 Å². The van der Waals surface area contributed by atoms with Crippen LogP contribution in [0.2, 0.25) is 0 Å². The van der Waals surface area contributed by atoms with E-state index in [1.54, 1.807) is 7.05 Å². The Morgan fingerprint density at radius 1 is 1.64 bits per heavy atom. The Hall–Kier alpha value is -1.52. The predicted octanol–water partition coefficient (Wildman–Crippen LogP) is 1.96.